The summed E-state index contributed by atoms with van der Waals surface area (Å²) in [6, 6.07) is 6.07. The van der Waals surface area contributed by atoms with Crippen molar-refractivity contribution in [2.45, 2.75) is 78.5 Å². The number of carbonyl (C=O) groups is 1. The molecule has 0 bridgehead atoms. The van der Waals surface area contributed by atoms with E-state index < -0.39 is 11.7 Å². The topological polar surface area (TPSA) is 49.7 Å². The van der Waals surface area contributed by atoms with E-state index in [1.165, 1.54) is 0 Å². The van der Waals surface area contributed by atoms with Gasteiger partial charge in [0, 0.05) is 23.5 Å². The van der Waals surface area contributed by atoms with E-state index in [9.17, 15) is 4.79 Å². The van der Waals surface area contributed by atoms with Gasteiger partial charge in [0.2, 0.25) is 0 Å². The van der Waals surface area contributed by atoms with Crippen LogP contribution >= 0.6 is 0 Å². The molecule has 1 aliphatic heterocycles. The monoisotopic (exact) mass is 397 g/mol. The molecule has 0 N–H and O–H groups in total. The van der Waals surface area contributed by atoms with Gasteiger partial charge in [-0.2, -0.15) is 0 Å². The Kier molecular flexibility index (Phi) is 5.25. The maximum absolute atomic E-state index is 12.7. The molecule has 0 aliphatic carbocycles. The Balaban J connectivity index is 1.97. The third-order valence-corrected chi connectivity index (χ3v) is 5.60. The molecule has 5 nitrogen and oxygen atoms in total. The average Bonchev–Trinajstić information content (AvgIpc) is 3.02. The van der Waals surface area contributed by atoms with Gasteiger partial charge in [0.1, 0.15) is 5.60 Å². The molecular formula is C23H32BNO4. The van der Waals surface area contributed by atoms with Crippen molar-refractivity contribution in [3.63, 3.8) is 0 Å². The van der Waals surface area contributed by atoms with Gasteiger partial charge in [0.05, 0.1) is 16.7 Å². The lowest BCUT2D eigenvalue weighted by Crippen LogP contribution is -2.41. The quantitative estimate of drug-likeness (QED) is 0.630. The summed E-state index contributed by atoms with van der Waals surface area (Å²) < 4.78 is 19.4. The Hall–Kier alpha value is -2.05. The third kappa shape index (κ3) is 4.29. The van der Waals surface area contributed by atoms with Crippen LogP contribution in [0.1, 0.15) is 66.5 Å². The van der Waals surface area contributed by atoms with Gasteiger partial charge in [-0.25, -0.2) is 4.79 Å². The first-order valence-electron chi connectivity index (χ1n) is 10.1. The molecule has 3 rings (SSSR count). The molecule has 0 radical (unpaired) electrons. The van der Waals surface area contributed by atoms with E-state index >= 15 is 0 Å². The maximum atomic E-state index is 12.7. The van der Waals surface area contributed by atoms with Crippen LogP contribution in [0, 0.1) is 0 Å². The molecule has 1 aromatic carbocycles. The van der Waals surface area contributed by atoms with Crippen LogP contribution in [0.2, 0.25) is 0 Å². The zero-order valence-corrected chi connectivity index (χ0v) is 18.9. The minimum atomic E-state index is -0.562. The molecule has 0 unspecified atom stereocenters. The van der Waals surface area contributed by atoms with Gasteiger partial charge in [-0.05, 0) is 78.7 Å². The van der Waals surface area contributed by atoms with Crippen LogP contribution in [0.4, 0.5) is 4.79 Å². The molecule has 1 aliphatic rings. The van der Waals surface area contributed by atoms with Crippen molar-refractivity contribution in [3.05, 3.63) is 42.1 Å². The number of nitrogens with zero attached hydrogens (tertiary/aromatic N) is 1. The van der Waals surface area contributed by atoms with E-state index in [2.05, 4.69) is 46.4 Å². The van der Waals surface area contributed by atoms with Crippen LogP contribution < -0.4 is 0 Å². The fraction of sp³-hybridized carbons (Fsp3) is 0.522. The van der Waals surface area contributed by atoms with E-state index in [-0.39, 0.29) is 18.3 Å². The summed E-state index contributed by atoms with van der Waals surface area (Å²) in [5.41, 5.74) is 2.41. The van der Waals surface area contributed by atoms with Crippen molar-refractivity contribution < 1.29 is 18.8 Å². The fourth-order valence-electron chi connectivity index (χ4n) is 3.49. The van der Waals surface area contributed by atoms with E-state index in [1.807, 2.05) is 33.8 Å². The maximum Gasteiger partial charge on any atom is 0.462 e. The highest BCUT2D eigenvalue weighted by atomic mass is 16.7. The highest BCUT2D eigenvalue weighted by Crippen LogP contribution is 2.38. The summed E-state index contributed by atoms with van der Waals surface area (Å²) in [6.45, 7) is 19.9. The number of rotatable bonds is 3. The molecule has 0 spiro atoms. The van der Waals surface area contributed by atoms with E-state index in [1.54, 1.807) is 10.8 Å². The van der Waals surface area contributed by atoms with Gasteiger partial charge in [-0.3, -0.25) is 4.57 Å². The van der Waals surface area contributed by atoms with Crippen LogP contribution in [0.25, 0.3) is 16.5 Å². The zero-order chi connectivity index (χ0) is 21.8. The van der Waals surface area contributed by atoms with Crippen molar-refractivity contribution in [2.24, 2.45) is 0 Å². The Morgan fingerprint density at radius 1 is 1.17 bits per heavy atom. The number of hydrogen-bond acceptors (Lipinski definition) is 4. The predicted molar refractivity (Wildman–Crippen MR) is 118 cm³/mol. The van der Waals surface area contributed by atoms with E-state index in [0.717, 1.165) is 27.6 Å². The van der Waals surface area contributed by atoms with Gasteiger partial charge < -0.3 is 14.0 Å². The van der Waals surface area contributed by atoms with Crippen molar-refractivity contribution >= 4 is 29.7 Å². The molecule has 6 heteroatoms. The van der Waals surface area contributed by atoms with Gasteiger partial charge in [0.25, 0.3) is 0 Å². The third-order valence-electron chi connectivity index (χ3n) is 5.60. The SMILES string of the molecule is C=C(C)c1cc(CB2OC(C)(C)C(C)(C)O2)cc2ccn(C(=O)OC(C)(C)C)c12. The van der Waals surface area contributed by atoms with Gasteiger partial charge in [-0.15, -0.1) is 0 Å². The molecule has 156 valence electrons. The van der Waals surface area contributed by atoms with Crippen LogP contribution in [-0.2, 0) is 20.4 Å². The Morgan fingerprint density at radius 3 is 2.28 bits per heavy atom. The Bertz CT molecular complexity index is 949. The van der Waals surface area contributed by atoms with Gasteiger partial charge in [0.15, 0.2) is 0 Å². The summed E-state index contributed by atoms with van der Waals surface area (Å²) >= 11 is 0. The number of allylic oxidation sites excluding steroid dienone is 1. The highest BCUT2D eigenvalue weighted by Gasteiger charge is 2.50. The van der Waals surface area contributed by atoms with Crippen molar-refractivity contribution in [1.82, 2.24) is 4.57 Å². The summed E-state index contributed by atoms with van der Waals surface area (Å²) in [5, 5.41) is 0.961. The first-order chi connectivity index (χ1) is 13.2. The summed E-state index contributed by atoms with van der Waals surface area (Å²) in [7, 11) is -0.316. The number of benzene rings is 1. The smallest absolute Gasteiger partial charge is 0.443 e. The molecule has 2 heterocycles. The summed E-state index contributed by atoms with van der Waals surface area (Å²) in [5.74, 6) is 0. The van der Waals surface area contributed by atoms with Crippen LogP contribution in [0.5, 0.6) is 0 Å². The van der Waals surface area contributed by atoms with E-state index in [4.69, 9.17) is 14.0 Å². The molecule has 0 saturated carbocycles. The largest absolute Gasteiger partial charge is 0.462 e. The fourth-order valence-corrected chi connectivity index (χ4v) is 3.49. The van der Waals surface area contributed by atoms with E-state index in [0.29, 0.717) is 6.32 Å². The normalized spacial score (nSPS) is 18.3. The number of ether oxygens (including phenoxy) is 1. The number of fused-ring (bicyclic) bond motifs is 1. The predicted octanol–water partition coefficient (Wildman–Crippen LogP) is 5.63. The van der Waals surface area contributed by atoms with Crippen LogP contribution in [0.3, 0.4) is 0 Å². The minimum absolute atomic E-state index is 0.316. The second-order valence-electron chi connectivity index (χ2n) is 9.92. The standard InChI is InChI=1S/C23H32BNO4/c1-15(2)18-13-16(14-24-28-22(6,7)23(8,9)29-24)12-17-10-11-25(19(17)18)20(26)27-21(3,4)5/h10-13H,1,14H2,2-9H3. The zero-order valence-electron chi connectivity index (χ0n) is 18.9. The summed E-state index contributed by atoms with van der Waals surface area (Å²) in [6.07, 6.45) is 1.98. The summed E-state index contributed by atoms with van der Waals surface area (Å²) in [4.78, 5) is 12.7. The second kappa shape index (κ2) is 7.03. The Labute approximate surface area is 174 Å². The number of hydrogen-bond donors (Lipinski definition) is 0. The lowest BCUT2D eigenvalue weighted by molar-refractivity contribution is 0.00578. The number of aromatic nitrogens is 1. The molecular weight excluding hydrogens is 365 g/mol. The first-order valence-corrected chi connectivity index (χ1v) is 10.1. The molecule has 0 amide bonds. The van der Waals surface area contributed by atoms with Crippen molar-refractivity contribution in [3.8, 4) is 0 Å². The van der Waals surface area contributed by atoms with Crippen LogP contribution in [-0.4, -0.2) is 34.6 Å². The molecule has 1 saturated heterocycles. The molecule has 0 atom stereocenters. The molecule has 29 heavy (non-hydrogen) atoms. The lowest BCUT2D eigenvalue weighted by atomic mass is 9.80. The average molecular weight is 397 g/mol. The number of carbonyl (C=O) groups excluding carboxylic acids is 1. The highest BCUT2D eigenvalue weighted by molar-refractivity contribution is 6.45. The van der Waals surface area contributed by atoms with Crippen LogP contribution in [0.15, 0.2) is 31.0 Å². The van der Waals surface area contributed by atoms with Gasteiger partial charge >= 0.3 is 13.2 Å². The molecule has 2 aromatic rings. The Morgan fingerprint density at radius 2 is 1.76 bits per heavy atom. The lowest BCUT2D eigenvalue weighted by Gasteiger charge is -2.32. The first kappa shape index (κ1) is 21.7. The molecule has 1 fully saturated rings. The van der Waals surface area contributed by atoms with Crippen molar-refractivity contribution in [1.29, 1.82) is 0 Å². The minimum Gasteiger partial charge on any atom is -0.443 e. The second-order valence-corrected chi connectivity index (χ2v) is 9.92. The van der Waals surface area contributed by atoms with Crippen molar-refractivity contribution in [2.75, 3.05) is 0 Å². The van der Waals surface area contributed by atoms with Gasteiger partial charge in [-0.1, -0.05) is 12.6 Å². The molecule has 1 aromatic heterocycles.